The summed E-state index contributed by atoms with van der Waals surface area (Å²) in [5.41, 5.74) is 1.15. The fourth-order valence-electron chi connectivity index (χ4n) is 1.75. The number of nitrogens with one attached hydrogen (secondary N) is 1. The Morgan fingerprint density at radius 3 is 2.17 bits per heavy atom. The van der Waals surface area contributed by atoms with Crippen molar-refractivity contribution in [1.82, 2.24) is 0 Å². The van der Waals surface area contributed by atoms with E-state index in [2.05, 4.69) is 5.32 Å². The molecule has 94 valence electrons. The van der Waals surface area contributed by atoms with Crippen molar-refractivity contribution < 1.29 is 13.9 Å². The number of benzene rings is 2. The van der Waals surface area contributed by atoms with Crippen molar-refractivity contribution in [2.24, 2.45) is 0 Å². The van der Waals surface area contributed by atoms with Crippen LogP contribution in [0.2, 0.25) is 0 Å². The van der Waals surface area contributed by atoms with Gasteiger partial charge < -0.3 is 10.4 Å². The van der Waals surface area contributed by atoms with E-state index in [1.165, 1.54) is 12.1 Å². The van der Waals surface area contributed by atoms with Crippen molar-refractivity contribution in [2.45, 2.75) is 6.04 Å². The molecule has 0 radical (unpaired) electrons. The second kappa shape index (κ2) is 5.60. The third-order valence-electron chi connectivity index (χ3n) is 2.58. The van der Waals surface area contributed by atoms with E-state index < -0.39 is 17.7 Å². The Hall–Kier alpha value is -1.94. The zero-order valence-corrected chi connectivity index (χ0v) is 9.61. The maximum atomic E-state index is 13.1. The van der Waals surface area contributed by atoms with Gasteiger partial charge in [-0.25, -0.2) is 8.78 Å². The minimum absolute atomic E-state index is 0.252. The van der Waals surface area contributed by atoms with Gasteiger partial charge in [0.1, 0.15) is 11.6 Å². The van der Waals surface area contributed by atoms with Crippen molar-refractivity contribution in [1.29, 1.82) is 0 Å². The van der Waals surface area contributed by atoms with Gasteiger partial charge in [-0.05, 0) is 29.8 Å². The molecule has 0 heterocycles. The Labute approximate surface area is 104 Å². The zero-order chi connectivity index (χ0) is 13.0. The fraction of sp³-hybridized carbons (Fsp3) is 0.143. The summed E-state index contributed by atoms with van der Waals surface area (Å²) in [4.78, 5) is 0. The average Bonchev–Trinajstić information content (AvgIpc) is 2.36. The van der Waals surface area contributed by atoms with Crippen LogP contribution in [0.5, 0.6) is 0 Å². The second-order valence-corrected chi connectivity index (χ2v) is 3.95. The van der Waals surface area contributed by atoms with Crippen LogP contribution in [0.15, 0.2) is 48.5 Å². The highest BCUT2D eigenvalue weighted by Gasteiger charge is 2.12. The Morgan fingerprint density at radius 2 is 1.61 bits per heavy atom. The molecule has 0 aromatic heterocycles. The molecule has 0 bridgehead atoms. The summed E-state index contributed by atoms with van der Waals surface area (Å²) in [5, 5.41) is 12.3. The highest BCUT2D eigenvalue weighted by Crippen LogP contribution is 2.20. The van der Waals surface area contributed by atoms with Crippen LogP contribution >= 0.6 is 0 Å². The van der Waals surface area contributed by atoms with Crippen LogP contribution in [0.25, 0.3) is 0 Å². The molecule has 0 saturated heterocycles. The maximum Gasteiger partial charge on any atom is 0.126 e. The summed E-state index contributed by atoms with van der Waals surface area (Å²) in [7, 11) is 0. The molecule has 1 unspecified atom stereocenters. The molecular formula is C14H13F2NO. The molecular weight excluding hydrogens is 236 g/mol. The van der Waals surface area contributed by atoms with Crippen molar-refractivity contribution >= 4 is 5.69 Å². The van der Waals surface area contributed by atoms with Gasteiger partial charge in [0.05, 0.1) is 12.6 Å². The first-order chi connectivity index (χ1) is 8.69. The van der Waals surface area contributed by atoms with E-state index in [1.54, 1.807) is 0 Å². The quantitative estimate of drug-likeness (QED) is 0.872. The molecule has 0 aliphatic carbocycles. The van der Waals surface area contributed by atoms with Gasteiger partial charge >= 0.3 is 0 Å². The minimum atomic E-state index is -0.654. The molecule has 0 aliphatic rings. The summed E-state index contributed by atoms with van der Waals surface area (Å²) < 4.78 is 26.2. The van der Waals surface area contributed by atoms with Gasteiger partial charge in [0.2, 0.25) is 0 Å². The van der Waals surface area contributed by atoms with Crippen molar-refractivity contribution in [2.75, 3.05) is 11.9 Å². The largest absolute Gasteiger partial charge is 0.394 e. The first kappa shape index (κ1) is 12.5. The summed E-state index contributed by atoms with van der Waals surface area (Å²) in [6.45, 7) is -0.252. The molecule has 4 heteroatoms. The van der Waals surface area contributed by atoms with Crippen LogP contribution in [0.3, 0.4) is 0 Å². The SMILES string of the molecule is OCC(Nc1ccccc1)c1cc(F)cc(F)c1. The van der Waals surface area contributed by atoms with Gasteiger partial charge in [0.15, 0.2) is 0 Å². The summed E-state index contributed by atoms with van der Waals surface area (Å²) >= 11 is 0. The molecule has 0 aliphatic heterocycles. The van der Waals surface area contributed by atoms with E-state index in [-0.39, 0.29) is 6.61 Å². The maximum absolute atomic E-state index is 13.1. The standard InChI is InChI=1S/C14H13F2NO/c15-11-6-10(7-12(16)8-11)14(9-18)17-13-4-2-1-3-5-13/h1-8,14,17-18H,9H2. The van der Waals surface area contributed by atoms with Crippen LogP contribution in [0, 0.1) is 11.6 Å². The van der Waals surface area contributed by atoms with Gasteiger partial charge in [-0.1, -0.05) is 18.2 Å². The lowest BCUT2D eigenvalue weighted by Crippen LogP contribution is -2.15. The number of aliphatic hydroxyl groups excluding tert-OH is 1. The Bertz CT molecular complexity index is 496. The third-order valence-corrected chi connectivity index (χ3v) is 2.58. The van der Waals surface area contributed by atoms with E-state index in [9.17, 15) is 13.9 Å². The summed E-state index contributed by atoms with van der Waals surface area (Å²) in [6, 6.07) is 11.8. The lowest BCUT2D eigenvalue weighted by Gasteiger charge is -2.18. The number of hydrogen-bond acceptors (Lipinski definition) is 2. The van der Waals surface area contributed by atoms with Gasteiger partial charge in [-0.15, -0.1) is 0 Å². The van der Waals surface area contributed by atoms with E-state index in [0.29, 0.717) is 5.56 Å². The van der Waals surface area contributed by atoms with Crippen LogP contribution in [-0.2, 0) is 0 Å². The van der Waals surface area contributed by atoms with Crippen molar-refractivity contribution in [3.63, 3.8) is 0 Å². The van der Waals surface area contributed by atoms with E-state index >= 15 is 0 Å². The molecule has 2 aromatic rings. The Morgan fingerprint density at radius 1 is 1.00 bits per heavy atom. The fourth-order valence-corrected chi connectivity index (χ4v) is 1.75. The Balaban J connectivity index is 2.23. The number of rotatable bonds is 4. The van der Waals surface area contributed by atoms with Gasteiger partial charge in [0, 0.05) is 11.8 Å². The van der Waals surface area contributed by atoms with Crippen molar-refractivity contribution in [3.05, 3.63) is 65.7 Å². The van der Waals surface area contributed by atoms with E-state index in [1.807, 2.05) is 30.3 Å². The smallest absolute Gasteiger partial charge is 0.126 e. The molecule has 0 amide bonds. The molecule has 0 spiro atoms. The first-order valence-electron chi connectivity index (χ1n) is 5.57. The lowest BCUT2D eigenvalue weighted by atomic mass is 10.1. The summed E-state index contributed by atoms with van der Waals surface area (Å²) in [5.74, 6) is -1.31. The molecule has 2 rings (SSSR count). The molecule has 2 N–H and O–H groups in total. The van der Waals surface area contributed by atoms with E-state index in [0.717, 1.165) is 11.8 Å². The predicted molar refractivity (Wildman–Crippen MR) is 66.2 cm³/mol. The normalized spacial score (nSPS) is 12.2. The van der Waals surface area contributed by atoms with Gasteiger partial charge in [-0.3, -0.25) is 0 Å². The van der Waals surface area contributed by atoms with E-state index in [4.69, 9.17) is 0 Å². The highest BCUT2D eigenvalue weighted by molar-refractivity contribution is 5.45. The topological polar surface area (TPSA) is 32.3 Å². The number of para-hydroxylation sites is 1. The van der Waals surface area contributed by atoms with Crippen molar-refractivity contribution in [3.8, 4) is 0 Å². The Kier molecular flexibility index (Phi) is 3.89. The predicted octanol–water partition coefficient (Wildman–Crippen LogP) is 3.11. The van der Waals surface area contributed by atoms with Gasteiger partial charge in [-0.2, -0.15) is 0 Å². The van der Waals surface area contributed by atoms with Crippen LogP contribution in [-0.4, -0.2) is 11.7 Å². The average molecular weight is 249 g/mol. The molecule has 0 saturated carbocycles. The number of halogens is 2. The third kappa shape index (κ3) is 3.05. The van der Waals surface area contributed by atoms with Crippen LogP contribution in [0.4, 0.5) is 14.5 Å². The number of aliphatic hydroxyl groups is 1. The minimum Gasteiger partial charge on any atom is -0.394 e. The highest BCUT2D eigenvalue weighted by atomic mass is 19.1. The molecule has 18 heavy (non-hydrogen) atoms. The first-order valence-corrected chi connectivity index (χ1v) is 5.57. The molecule has 2 nitrogen and oxygen atoms in total. The summed E-state index contributed by atoms with van der Waals surface area (Å²) in [6.07, 6.45) is 0. The number of anilines is 1. The zero-order valence-electron chi connectivity index (χ0n) is 9.61. The molecule has 1 atom stereocenters. The second-order valence-electron chi connectivity index (χ2n) is 3.95. The van der Waals surface area contributed by atoms with Crippen LogP contribution < -0.4 is 5.32 Å². The molecule has 0 fully saturated rings. The number of hydrogen-bond donors (Lipinski definition) is 2. The monoisotopic (exact) mass is 249 g/mol. The van der Waals surface area contributed by atoms with Gasteiger partial charge in [0.25, 0.3) is 0 Å². The molecule has 2 aromatic carbocycles. The lowest BCUT2D eigenvalue weighted by molar-refractivity contribution is 0.276. The van der Waals surface area contributed by atoms with Crippen LogP contribution in [0.1, 0.15) is 11.6 Å².